The molecule has 0 N–H and O–H groups in total. The van der Waals surface area contributed by atoms with Crippen LogP contribution in [0.3, 0.4) is 0 Å². The van der Waals surface area contributed by atoms with E-state index >= 15 is 0 Å². The average molecular weight is 210 g/mol. The van der Waals surface area contributed by atoms with Gasteiger partial charge in [-0.15, -0.1) is 0 Å². The molecule has 0 saturated carbocycles. The Kier molecular flexibility index (Phi) is 103. The van der Waals surface area contributed by atoms with Gasteiger partial charge in [0.25, 0.3) is 0 Å². The van der Waals surface area contributed by atoms with E-state index in [4.69, 9.17) is 0 Å². The van der Waals surface area contributed by atoms with Crippen molar-refractivity contribution in [3.8, 4) is 0 Å². The van der Waals surface area contributed by atoms with E-state index in [1.54, 1.807) is 0 Å². The third-order valence-corrected chi connectivity index (χ3v) is 0. The summed E-state index contributed by atoms with van der Waals surface area (Å²) in [6, 6.07) is 0. The molecule has 0 aliphatic rings. The first kappa shape index (κ1) is 25.7. The fraction of sp³-hybridized carbons (Fsp3) is 0. The first-order valence-electron chi connectivity index (χ1n) is 0. The fourth-order valence-corrected chi connectivity index (χ4v) is 0. The van der Waals surface area contributed by atoms with Gasteiger partial charge in [0, 0.05) is 0 Å². The molecule has 0 rings (SSSR count). The summed E-state index contributed by atoms with van der Waals surface area (Å²) in [5.74, 6) is 0. The summed E-state index contributed by atoms with van der Waals surface area (Å²) in [5, 5.41) is 0. The Bertz CT molecular complexity index is 6.00. The molecule has 0 radical (unpaired) electrons. The Balaban J connectivity index is 0. The van der Waals surface area contributed by atoms with Crippen LogP contribution >= 0.6 is 0 Å². The van der Waals surface area contributed by atoms with E-state index in [2.05, 4.69) is 0 Å². The van der Waals surface area contributed by atoms with Crippen molar-refractivity contribution in [1.29, 1.82) is 0 Å². The normalized spacial score (nSPS) is 0. The average Bonchev–Trinajstić information content (AvgIpc) is 0. The van der Waals surface area contributed by atoms with Crippen LogP contribution in [0, 0.1) is 0 Å². The van der Waals surface area contributed by atoms with Gasteiger partial charge < -0.3 is 9.41 Å². The number of hydrogen-bond donors (Lipinski definition) is 0. The van der Waals surface area contributed by atoms with E-state index in [0.717, 1.165) is 0 Å². The largest absolute Gasteiger partial charge is 1.00 e. The number of halogens is 2. The van der Waals surface area contributed by atoms with Crippen molar-refractivity contribution >= 4 is 0 Å². The SMILES string of the molecule is [Cs+].[F-].[F-].[K+]. The zero-order chi connectivity index (χ0) is 0. The maximum absolute atomic E-state index is 0. The summed E-state index contributed by atoms with van der Waals surface area (Å²) in [6.45, 7) is 0. The monoisotopic (exact) mass is 210 g/mol. The minimum absolute atomic E-state index is 0. The second kappa shape index (κ2) is 16.0. The van der Waals surface area contributed by atoms with E-state index in [-0.39, 0.29) is 130 Å². The number of rotatable bonds is 0. The molecule has 4 heteroatoms. The summed E-state index contributed by atoms with van der Waals surface area (Å²) < 4.78 is 0. The fourth-order valence-electron chi connectivity index (χ4n) is 0. The number of hydrogen-bond acceptors (Lipinski definition) is 0. The summed E-state index contributed by atoms with van der Waals surface area (Å²) in [4.78, 5) is 0. The van der Waals surface area contributed by atoms with Crippen molar-refractivity contribution < 1.29 is 130 Å². The van der Waals surface area contributed by atoms with Crippen LogP contribution in [0.2, 0.25) is 0 Å². The Morgan fingerprint density at radius 3 is 0.750 bits per heavy atom. The second-order valence-electron chi connectivity index (χ2n) is 0. The molecule has 0 aromatic carbocycles. The molecule has 0 spiro atoms. The van der Waals surface area contributed by atoms with Gasteiger partial charge in [0.15, 0.2) is 0 Å². The summed E-state index contributed by atoms with van der Waals surface area (Å²) >= 11 is 0. The molecular weight excluding hydrogens is 210 g/mol. The molecule has 0 aromatic rings. The Morgan fingerprint density at radius 2 is 0.750 bits per heavy atom. The maximum Gasteiger partial charge on any atom is 1.00 e. The summed E-state index contributed by atoms with van der Waals surface area (Å²) in [6.07, 6.45) is 0. The van der Waals surface area contributed by atoms with E-state index in [9.17, 15) is 0 Å². The molecule has 0 aliphatic heterocycles. The smallest absolute Gasteiger partial charge is 1.00 e. The van der Waals surface area contributed by atoms with Crippen molar-refractivity contribution in [2.24, 2.45) is 0 Å². The maximum atomic E-state index is 0. The molecule has 16 valence electrons. The molecule has 0 heterocycles. The van der Waals surface area contributed by atoms with Gasteiger partial charge in [0.1, 0.15) is 0 Å². The van der Waals surface area contributed by atoms with Gasteiger partial charge in [0.2, 0.25) is 0 Å². The first-order chi connectivity index (χ1) is 0. The van der Waals surface area contributed by atoms with Gasteiger partial charge >= 0.3 is 120 Å². The van der Waals surface area contributed by atoms with Gasteiger partial charge in [-0.25, -0.2) is 0 Å². The molecule has 0 aromatic heterocycles. The van der Waals surface area contributed by atoms with Crippen molar-refractivity contribution in [3.05, 3.63) is 0 Å². The van der Waals surface area contributed by atoms with Gasteiger partial charge in [0.05, 0.1) is 0 Å². The van der Waals surface area contributed by atoms with Gasteiger partial charge in [-0.1, -0.05) is 0 Å². The van der Waals surface area contributed by atoms with Crippen LogP contribution in [0.5, 0.6) is 0 Å². The molecule has 0 fully saturated rings. The quantitative estimate of drug-likeness (QED) is 0.348. The Labute approximate surface area is 125 Å². The van der Waals surface area contributed by atoms with Crippen molar-refractivity contribution in [3.63, 3.8) is 0 Å². The van der Waals surface area contributed by atoms with Crippen LogP contribution in [-0.2, 0) is 0 Å². The van der Waals surface area contributed by atoms with Gasteiger partial charge in [-0.3, -0.25) is 0 Å². The Hall–Kier alpha value is 3.55. The minimum atomic E-state index is 0. The van der Waals surface area contributed by atoms with Crippen LogP contribution < -0.4 is 130 Å². The van der Waals surface area contributed by atoms with Gasteiger partial charge in [-0.2, -0.15) is 0 Å². The van der Waals surface area contributed by atoms with E-state index in [1.807, 2.05) is 0 Å². The van der Waals surface area contributed by atoms with Gasteiger partial charge in [-0.05, 0) is 0 Å². The molecule has 0 bridgehead atoms. The third kappa shape index (κ3) is 9.12. The molecule has 0 aliphatic carbocycles. The molecule has 0 nitrogen and oxygen atoms in total. The van der Waals surface area contributed by atoms with Crippen LogP contribution in [0.25, 0.3) is 0 Å². The Morgan fingerprint density at radius 1 is 0.750 bits per heavy atom. The zero-order valence-corrected chi connectivity index (χ0v) is 12.2. The van der Waals surface area contributed by atoms with E-state index in [1.165, 1.54) is 0 Å². The minimum Gasteiger partial charge on any atom is -1.00 e. The molecule has 0 saturated heterocycles. The second-order valence-corrected chi connectivity index (χ2v) is 0. The first-order valence-corrected chi connectivity index (χ1v) is 0. The predicted octanol–water partition coefficient (Wildman–Crippen LogP) is -12.0. The van der Waals surface area contributed by atoms with Crippen LogP contribution in [0.4, 0.5) is 0 Å². The van der Waals surface area contributed by atoms with Crippen molar-refractivity contribution in [2.75, 3.05) is 0 Å². The van der Waals surface area contributed by atoms with Crippen LogP contribution in [-0.4, -0.2) is 0 Å². The van der Waals surface area contributed by atoms with Crippen LogP contribution in [0.1, 0.15) is 0 Å². The zero-order valence-electron chi connectivity index (χ0n) is 2.76. The van der Waals surface area contributed by atoms with Crippen molar-refractivity contribution in [2.45, 2.75) is 0 Å². The van der Waals surface area contributed by atoms with Crippen molar-refractivity contribution in [1.82, 2.24) is 0 Å². The third-order valence-electron chi connectivity index (χ3n) is 0. The van der Waals surface area contributed by atoms with Crippen LogP contribution in [0.15, 0.2) is 0 Å². The molecule has 0 unspecified atom stereocenters. The topological polar surface area (TPSA) is 0 Å². The summed E-state index contributed by atoms with van der Waals surface area (Å²) in [5.41, 5.74) is 0. The molecule has 4 heavy (non-hydrogen) atoms. The predicted molar refractivity (Wildman–Crippen MR) is 0 cm³/mol. The molecular formula is CsF2K. The van der Waals surface area contributed by atoms with E-state index < -0.39 is 0 Å². The standard InChI is InChI=1S/Cs.2FH.K/h;2*1H;/q+1;;;+1/p-2. The molecule has 0 atom stereocenters. The van der Waals surface area contributed by atoms with E-state index in [0.29, 0.717) is 0 Å². The molecule has 0 amide bonds. The summed E-state index contributed by atoms with van der Waals surface area (Å²) in [7, 11) is 0.